The number of carboxylic acids is 3. The number of carboxylic acid groups (broad SMARTS) is 3. The highest BCUT2D eigenvalue weighted by Gasteiger charge is 2.35. The number of aliphatic carboxylic acids is 3. The minimum absolute atomic E-state index is 0.156. The minimum Gasteiger partial charge on any atom is -0.478 e. The predicted octanol–water partition coefficient (Wildman–Crippen LogP) is -0.357. The van der Waals surface area contributed by atoms with E-state index in [1.165, 1.54) is 0 Å². The lowest BCUT2D eigenvalue weighted by Crippen LogP contribution is -2.42. The fourth-order valence-electron chi connectivity index (χ4n) is 2.08. The first-order valence-corrected chi connectivity index (χ1v) is 15.4. The van der Waals surface area contributed by atoms with E-state index in [0.29, 0.717) is 12.8 Å². The van der Waals surface area contributed by atoms with Gasteiger partial charge in [-0.2, -0.15) is 0 Å². The van der Waals surface area contributed by atoms with E-state index in [2.05, 4.69) is 39.5 Å². The number of hydrogen-bond acceptors (Lipinski definition) is 16. The van der Waals surface area contributed by atoms with Crippen LogP contribution in [0.5, 0.6) is 0 Å². The second kappa shape index (κ2) is 39.2. The maximum atomic E-state index is 11.1. The molecule has 0 aliphatic heterocycles. The van der Waals surface area contributed by atoms with Crippen LogP contribution in [0.3, 0.4) is 0 Å². The van der Waals surface area contributed by atoms with Crippen LogP contribution in [0.4, 0.5) is 0 Å². The molecule has 312 valence electrons. The summed E-state index contributed by atoms with van der Waals surface area (Å²) in [5.74, 6) is -5.12. The SMILES string of the molecule is C=CC(=O)O.C=CC(=O)O.C=CC(=O)O.C=CC(=O)OCC(CO)(COC(=O)C=C)COC(=O)C=C.CCC(CO)(CO)CO.CCC(CO)(CO)CO. The van der Waals surface area contributed by atoms with Crippen LogP contribution in [-0.4, -0.2) is 153 Å². The monoisotopic (exact) mass is 782 g/mol. The predicted molar refractivity (Wildman–Crippen MR) is 194 cm³/mol. The molecule has 0 fully saturated rings. The van der Waals surface area contributed by atoms with Crippen LogP contribution in [0.25, 0.3) is 0 Å². The molecule has 19 nitrogen and oxygen atoms in total. The molecule has 0 bridgehead atoms. The number of ether oxygens (including phenoxy) is 3. The van der Waals surface area contributed by atoms with Gasteiger partial charge in [0.05, 0.1) is 51.7 Å². The van der Waals surface area contributed by atoms with Crippen LogP contribution in [0.15, 0.2) is 75.9 Å². The summed E-state index contributed by atoms with van der Waals surface area (Å²) in [4.78, 5) is 61.0. The van der Waals surface area contributed by atoms with Crippen molar-refractivity contribution in [1.82, 2.24) is 0 Å². The number of carbonyl (C=O) groups excluding carboxylic acids is 3. The Balaban J connectivity index is -0.000000145. The first kappa shape index (κ1) is 61.0. The summed E-state index contributed by atoms with van der Waals surface area (Å²) in [6, 6.07) is 0. The molecule has 0 heterocycles. The van der Waals surface area contributed by atoms with E-state index >= 15 is 0 Å². The van der Waals surface area contributed by atoms with Crippen LogP contribution < -0.4 is 0 Å². The molecule has 0 atom stereocenters. The standard InChI is InChI=1S/C14H18O7.2C6H14O3.3C3H4O2/c1-4-11(16)19-8-14(7-15,9-20-12(17)5-2)10-21-13(18)6-3;2*1-2-6(3-7,4-8)5-9;3*1-2-3(4)5/h4-6,15H,1-3,7-10H2;2*7-9H,2-5H2,1H3;3*2H,1H2,(H,4,5). The van der Waals surface area contributed by atoms with Crippen molar-refractivity contribution in [3.8, 4) is 0 Å². The number of aliphatic hydroxyl groups is 7. The zero-order valence-corrected chi connectivity index (χ0v) is 30.8. The van der Waals surface area contributed by atoms with Gasteiger partial charge >= 0.3 is 35.8 Å². The second-order valence-corrected chi connectivity index (χ2v) is 10.4. The summed E-state index contributed by atoms with van der Waals surface area (Å²) in [5.41, 5.74) is -2.62. The van der Waals surface area contributed by atoms with Crippen molar-refractivity contribution in [3.63, 3.8) is 0 Å². The Labute approximate surface area is 314 Å². The normalized spacial score (nSPS) is 9.72. The molecule has 0 aromatic heterocycles. The molecule has 19 heteroatoms. The molecule has 0 aliphatic carbocycles. The molecule has 0 saturated heterocycles. The number of hydrogen-bond donors (Lipinski definition) is 10. The third-order valence-corrected chi connectivity index (χ3v) is 6.43. The topological polar surface area (TPSA) is 332 Å². The van der Waals surface area contributed by atoms with Crippen molar-refractivity contribution in [3.05, 3.63) is 75.9 Å². The molecule has 0 unspecified atom stereocenters. The summed E-state index contributed by atoms with van der Waals surface area (Å²) in [5, 5.41) is 84.2. The molecule has 0 aromatic carbocycles. The Kier molecular flexibility index (Phi) is 44.3. The Bertz CT molecular complexity index is 964. The quantitative estimate of drug-likeness (QED) is 0.0404. The van der Waals surface area contributed by atoms with Gasteiger partial charge in [-0.25, -0.2) is 28.8 Å². The Morgan fingerprint density at radius 2 is 0.574 bits per heavy atom. The second-order valence-electron chi connectivity index (χ2n) is 10.4. The molecular formula is C35H58O19. The third-order valence-electron chi connectivity index (χ3n) is 6.43. The highest BCUT2D eigenvalue weighted by Crippen LogP contribution is 2.20. The Morgan fingerprint density at radius 3 is 0.648 bits per heavy atom. The lowest BCUT2D eigenvalue weighted by molar-refractivity contribution is -0.159. The smallest absolute Gasteiger partial charge is 0.330 e. The molecule has 0 aromatic rings. The summed E-state index contributed by atoms with van der Waals surface area (Å²) >= 11 is 0. The van der Waals surface area contributed by atoms with Gasteiger partial charge in [-0.05, 0) is 12.8 Å². The summed E-state index contributed by atoms with van der Waals surface area (Å²) in [6.07, 6.45) is 6.50. The number of carbonyl (C=O) groups is 6. The fraction of sp³-hybridized carbons (Fsp3) is 0.486. The molecule has 0 saturated carbocycles. The van der Waals surface area contributed by atoms with Crippen molar-refractivity contribution in [2.24, 2.45) is 16.2 Å². The van der Waals surface area contributed by atoms with Crippen LogP contribution in [0.1, 0.15) is 26.7 Å². The average molecular weight is 783 g/mol. The molecule has 0 spiro atoms. The number of rotatable bonds is 21. The number of aliphatic hydroxyl groups excluding tert-OH is 7. The molecular weight excluding hydrogens is 724 g/mol. The zero-order valence-electron chi connectivity index (χ0n) is 30.8. The largest absolute Gasteiger partial charge is 0.478 e. The van der Waals surface area contributed by atoms with Gasteiger partial charge in [-0.3, -0.25) is 0 Å². The Hall–Kier alpha value is -5.02. The highest BCUT2D eigenvalue weighted by atomic mass is 16.6. The summed E-state index contributed by atoms with van der Waals surface area (Å²) in [6.45, 7) is 19.7. The van der Waals surface area contributed by atoms with Crippen molar-refractivity contribution >= 4 is 35.8 Å². The molecule has 0 radical (unpaired) electrons. The maximum absolute atomic E-state index is 11.1. The molecule has 0 aliphatic rings. The van der Waals surface area contributed by atoms with Crippen LogP contribution in [0.2, 0.25) is 0 Å². The fourth-order valence-corrected chi connectivity index (χ4v) is 2.08. The van der Waals surface area contributed by atoms with E-state index in [4.69, 9.17) is 60.2 Å². The van der Waals surface area contributed by atoms with Gasteiger partial charge in [0.1, 0.15) is 19.8 Å². The van der Waals surface area contributed by atoms with E-state index in [1.54, 1.807) is 0 Å². The van der Waals surface area contributed by atoms with Gasteiger partial charge in [-0.15, -0.1) is 0 Å². The highest BCUT2D eigenvalue weighted by molar-refractivity contribution is 5.82. The summed E-state index contributed by atoms with van der Waals surface area (Å²) in [7, 11) is 0. The van der Waals surface area contributed by atoms with Gasteiger partial charge in [0.2, 0.25) is 0 Å². The average Bonchev–Trinajstić information content (AvgIpc) is 3.20. The lowest BCUT2D eigenvalue weighted by Gasteiger charge is -2.29. The minimum atomic E-state index is -1.28. The lowest BCUT2D eigenvalue weighted by atomic mass is 9.88. The van der Waals surface area contributed by atoms with Gasteiger partial charge in [0.25, 0.3) is 0 Å². The van der Waals surface area contributed by atoms with Crippen LogP contribution in [0, 0.1) is 16.2 Å². The molecule has 0 rings (SSSR count). The Morgan fingerprint density at radius 1 is 0.407 bits per heavy atom. The van der Waals surface area contributed by atoms with Crippen molar-refractivity contribution < 1.29 is 94.0 Å². The first-order chi connectivity index (χ1) is 25.2. The maximum Gasteiger partial charge on any atom is 0.330 e. The third kappa shape index (κ3) is 36.8. The van der Waals surface area contributed by atoms with Crippen molar-refractivity contribution in [2.45, 2.75) is 26.7 Å². The van der Waals surface area contributed by atoms with Gasteiger partial charge < -0.3 is 65.3 Å². The van der Waals surface area contributed by atoms with Gasteiger partial charge in [0.15, 0.2) is 0 Å². The van der Waals surface area contributed by atoms with E-state index in [1.807, 2.05) is 13.8 Å². The van der Waals surface area contributed by atoms with Gasteiger partial charge in [0, 0.05) is 47.3 Å². The van der Waals surface area contributed by atoms with Crippen LogP contribution in [-0.2, 0) is 43.0 Å². The first-order valence-electron chi connectivity index (χ1n) is 15.4. The van der Waals surface area contributed by atoms with E-state index in [-0.39, 0.29) is 59.5 Å². The summed E-state index contributed by atoms with van der Waals surface area (Å²) < 4.78 is 14.5. The number of esters is 3. The van der Waals surface area contributed by atoms with E-state index in [9.17, 15) is 33.9 Å². The van der Waals surface area contributed by atoms with Crippen molar-refractivity contribution in [1.29, 1.82) is 0 Å². The van der Waals surface area contributed by atoms with Crippen molar-refractivity contribution in [2.75, 3.05) is 66.1 Å². The van der Waals surface area contributed by atoms with Crippen LogP contribution >= 0.6 is 0 Å². The van der Waals surface area contributed by atoms with E-state index in [0.717, 1.165) is 36.5 Å². The molecule has 0 amide bonds. The van der Waals surface area contributed by atoms with Gasteiger partial charge in [-0.1, -0.05) is 53.3 Å². The van der Waals surface area contributed by atoms with E-state index < -0.39 is 58.7 Å². The zero-order chi connectivity index (χ0) is 43.8. The molecule has 10 N–H and O–H groups in total. The molecule has 54 heavy (non-hydrogen) atoms.